The largest absolute Gasteiger partial charge is 0.481 e. The third kappa shape index (κ3) is 4.96. The highest BCUT2D eigenvalue weighted by Crippen LogP contribution is 2.22. The van der Waals surface area contributed by atoms with Crippen LogP contribution in [0.15, 0.2) is 60.9 Å². The molecule has 1 aromatic heterocycles. The normalized spacial score (nSPS) is 14.9. The molecule has 0 aliphatic carbocycles. The van der Waals surface area contributed by atoms with Gasteiger partial charge in [-0.2, -0.15) is 0 Å². The van der Waals surface area contributed by atoms with Crippen molar-refractivity contribution in [2.75, 3.05) is 31.1 Å². The standard InChI is InChI=1S/C23H22F2N4O2/c1-16(31-20-8-6-19(25)7-9-20)23(30)29-12-10-28(11-13-29)22-14-21(26-15-27-22)17-2-4-18(24)5-3-17/h2-9,14-16H,10-13H2,1H3. The lowest BCUT2D eigenvalue weighted by atomic mass is 10.1. The Labute approximate surface area is 179 Å². The van der Waals surface area contributed by atoms with Crippen LogP contribution in [0.2, 0.25) is 0 Å². The van der Waals surface area contributed by atoms with E-state index in [0.717, 1.165) is 11.4 Å². The van der Waals surface area contributed by atoms with Gasteiger partial charge in [-0.25, -0.2) is 18.7 Å². The summed E-state index contributed by atoms with van der Waals surface area (Å²) in [4.78, 5) is 25.2. The lowest BCUT2D eigenvalue weighted by molar-refractivity contribution is -0.138. The van der Waals surface area contributed by atoms with Gasteiger partial charge in [0.2, 0.25) is 0 Å². The van der Waals surface area contributed by atoms with Crippen LogP contribution in [-0.2, 0) is 4.79 Å². The first-order valence-electron chi connectivity index (χ1n) is 10.0. The number of benzene rings is 2. The van der Waals surface area contributed by atoms with Crippen LogP contribution in [-0.4, -0.2) is 53.1 Å². The zero-order valence-corrected chi connectivity index (χ0v) is 17.0. The third-order valence-electron chi connectivity index (χ3n) is 5.18. The van der Waals surface area contributed by atoms with Crippen molar-refractivity contribution < 1.29 is 18.3 Å². The Morgan fingerprint density at radius 1 is 0.935 bits per heavy atom. The Morgan fingerprint density at radius 3 is 2.19 bits per heavy atom. The van der Waals surface area contributed by atoms with E-state index in [-0.39, 0.29) is 17.5 Å². The molecule has 1 aliphatic rings. The summed E-state index contributed by atoms with van der Waals surface area (Å²) in [6, 6.07) is 13.6. The fourth-order valence-electron chi connectivity index (χ4n) is 3.48. The van der Waals surface area contributed by atoms with Gasteiger partial charge in [0.25, 0.3) is 5.91 Å². The molecule has 31 heavy (non-hydrogen) atoms. The van der Waals surface area contributed by atoms with Crippen molar-refractivity contribution in [2.45, 2.75) is 13.0 Å². The summed E-state index contributed by atoms with van der Waals surface area (Å²) in [7, 11) is 0. The molecule has 4 rings (SSSR count). The van der Waals surface area contributed by atoms with E-state index in [9.17, 15) is 13.6 Å². The van der Waals surface area contributed by atoms with Crippen molar-refractivity contribution in [1.82, 2.24) is 14.9 Å². The van der Waals surface area contributed by atoms with Crippen LogP contribution in [0, 0.1) is 11.6 Å². The van der Waals surface area contributed by atoms with Crippen molar-refractivity contribution >= 4 is 11.7 Å². The number of hydrogen-bond acceptors (Lipinski definition) is 5. The average Bonchev–Trinajstić information content (AvgIpc) is 2.81. The quantitative estimate of drug-likeness (QED) is 0.627. The molecule has 2 heterocycles. The highest BCUT2D eigenvalue weighted by atomic mass is 19.1. The highest BCUT2D eigenvalue weighted by molar-refractivity contribution is 5.81. The number of carbonyl (C=O) groups excluding carboxylic acids is 1. The van der Waals surface area contributed by atoms with Gasteiger partial charge < -0.3 is 14.5 Å². The Hall–Kier alpha value is -3.55. The minimum atomic E-state index is -0.666. The zero-order chi connectivity index (χ0) is 21.8. The number of anilines is 1. The van der Waals surface area contributed by atoms with Crippen LogP contribution in [0.1, 0.15) is 6.92 Å². The molecule has 2 aromatic carbocycles. The molecule has 0 saturated carbocycles. The van der Waals surface area contributed by atoms with Gasteiger partial charge in [-0.15, -0.1) is 0 Å². The van der Waals surface area contributed by atoms with E-state index in [1.165, 1.54) is 42.7 Å². The number of amides is 1. The van der Waals surface area contributed by atoms with E-state index in [1.54, 1.807) is 24.0 Å². The average molecular weight is 424 g/mol. The second-order valence-electron chi connectivity index (χ2n) is 7.29. The summed E-state index contributed by atoms with van der Waals surface area (Å²) >= 11 is 0. The number of ether oxygens (including phenoxy) is 1. The van der Waals surface area contributed by atoms with E-state index in [0.29, 0.717) is 37.6 Å². The predicted molar refractivity (Wildman–Crippen MR) is 113 cm³/mol. The minimum absolute atomic E-state index is 0.112. The van der Waals surface area contributed by atoms with Gasteiger partial charge in [-0.1, -0.05) is 0 Å². The van der Waals surface area contributed by atoms with Crippen LogP contribution in [0.25, 0.3) is 11.3 Å². The highest BCUT2D eigenvalue weighted by Gasteiger charge is 2.26. The maximum atomic E-state index is 13.2. The molecule has 6 nitrogen and oxygen atoms in total. The van der Waals surface area contributed by atoms with E-state index in [2.05, 4.69) is 14.9 Å². The zero-order valence-electron chi connectivity index (χ0n) is 17.0. The first-order chi connectivity index (χ1) is 15.0. The SMILES string of the molecule is CC(Oc1ccc(F)cc1)C(=O)N1CCN(c2cc(-c3ccc(F)cc3)ncn2)CC1. The molecule has 0 bridgehead atoms. The summed E-state index contributed by atoms with van der Waals surface area (Å²) in [5.74, 6) is 0.456. The maximum Gasteiger partial charge on any atom is 0.263 e. The van der Waals surface area contributed by atoms with Crippen molar-refractivity contribution in [3.05, 3.63) is 72.6 Å². The van der Waals surface area contributed by atoms with Crippen molar-refractivity contribution in [1.29, 1.82) is 0 Å². The first kappa shape index (κ1) is 20.7. The molecule has 1 saturated heterocycles. The Kier molecular flexibility index (Phi) is 6.06. The maximum absolute atomic E-state index is 13.2. The molecule has 1 unspecified atom stereocenters. The predicted octanol–water partition coefficient (Wildman–Crippen LogP) is 3.54. The van der Waals surface area contributed by atoms with Crippen LogP contribution < -0.4 is 9.64 Å². The van der Waals surface area contributed by atoms with E-state index in [4.69, 9.17) is 4.74 Å². The van der Waals surface area contributed by atoms with Crippen LogP contribution >= 0.6 is 0 Å². The van der Waals surface area contributed by atoms with Crippen molar-refractivity contribution in [2.24, 2.45) is 0 Å². The van der Waals surface area contributed by atoms with Gasteiger partial charge >= 0.3 is 0 Å². The summed E-state index contributed by atoms with van der Waals surface area (Å²) in [6.07, 6.45) is 0.825. The number of piperazine rings is 1. The summed E-state index contributed by atoms with van der Waals surface area (Å²) < 4.78 is 31.9. The van der Waals surface area contributed by atoms with Crippen LogP contribution in [0.3, 0.4) is 0 Å². The topological polar surface area (TPSA) is 58.6 Å². The number of hydrogen-bond donors (Lipinski definition) is 0. The lowest BCUT2D eigenvalue weighted by Crippen LogP contribution is -2.52. The second kappa shape index (κ2) is 9.07. The molecular weight excluding hydrogens is 402 g/mol. The van der Waals surface area contributed by atoms with Gasteiger partial charge in [0.1, 0.15) is 29.5 Å². The summed E-state index contributed by atoms with van der Waals surface area (Å²) in [5.41, 5.74) is 1.52. The third-order valence-corrected chi connectivity index (χ3v) is 5.18. The molecule has 1 atom stereocenters. The summed E-state index contributed by atoms with van der Waals surface area (Å²) in [6.45, 7) is 4.00. The fourth-order valence-corrected chi connectivity index (χ4v) is 3.48. The van der Waals surface area contributed by atoms with Crippen LogP contribution in [0.5, 0.6) is 5.75 Å². The molecule has 0 N–H and O–H groups in total. The second-order valence-corrected chi connectivity index (χ2v) is 7.29. The fraction of sp³-hybridized carbons (Fsp3) is 0.261. The molecule has 0 radical (unpaired) electrons. The molecule has 160 valence electrons. The van der Waals surface area contributed by atoms with Gasteiger partial charge in [0.05, 0.1) is 5.69 Å². The number of nitrogens with zero attached hydrogens (tertiary/aromatic N) is 4. The van der Waals surface area contributed by atoms with Gasteiger partial charge in [0, 0.05) is 37.8 Å². The minimum Gasteiger partial charge on any atom is -0.481 e. The van der Waals surface area contributed by atoms with Gasteiger partial charge in [-0.05, 0) is 55.5 Å². The monoisotopic (exact) mass is 424 g/mol. The number of halogens is 2. The molecule has 3 aromatic rings. The molecular formula is C23H22F2N4O2. The van der Waals surface area contributed by atoms with Gasteiger partial charge in [-0.3, -0.25) is 4.79 Å². The van der Waals surface area contributed by atoms with E-state index < -0.39 is 6.10 Å². The number of rotatable bonds is 5. The Morgan fingerprint density at radius 2 is 1.55 bits per heavy atom. The lowest BCUT2D eigenvalue weighted by Gasteiger charge is -2.36. The Balaban J connectivity index is 1.36. The molecule has 1 amide bonds. The Bertz CT molecular complexity index is 1040. The van der Waals surface area contributed by atoms with Crippen molar-refractivity contribution in [3.63, 3.8) is 0 Å². The number of carbonyl (C=O) groups is 1. The molecule has 1 aliphatic heterocycles. The first-order valence-corrected chi connectivity index (χ1v) is 10.0. The smallest absolute Gasteiger partial charge is 0.263 e. The molecule has 8 heteroatoms. The van der Waals surface area contributed by atoms with Crippen molar-refractivity contribution in [3.8, 4) is 17.0 Å². The molecule has 1 fully saturated rings. The van der Waals surface area contributed by atoms with E-state index >= 15 is 0 Å². The van der Waals surface area contributed by atoms with Crippen LogP contribution in [0.4, 0.5) is 14.6 Å². The van der Waals surface area contributed by atoms with E-state index in [1.807, 2.05) is 6.07 Å². The number of aromatic nitrogens is 2. The molecule has 0 spiro atoms. The summed E-state index contributed by atoms with van der Waals surface area (Å²) in [5, 5.41) is 0. The van der Waals surface area contributed by atoms with Gasteiger partial charge in [0.15, 0.2) is 6.10 Å².